The molecule has 16 heavy (non-hydrogen) atoms. The molecule has 0 radical (unpaired) electrons. The van der Waals surface area contributed by atoms with Gasteiger partial charge in [-0.05, 0) is 13.3 Å². The quantitative estimate of drug-likeness (QED) is 0.728. The van der Waals surface area contributed by atoms with Gasteiger partial charge in [0.1, 0.15) is 6.61 Å². The summed E-state index contributed by atoms with van der Waals surface area (Å²) in [5.74, 6) is 0.270. The van der Waals surface area contributed by atoms with Gasteiger partial charge in [-0.25, -0.2) is 0 Å². The molecule has 0 aliphatic rings. The fourth-order valence-corrected chi connectivity index (χ4v) is 1.13. The Kier molecular flexibility index (Phi) is 4.94. The molecule has 0 fully saturated rings. The van der Waals surface area contributed by atoms with Crippen molar-refractivity contribution in [3.8, 4) is 0 Å². The number of carbonyl (C=O) groups excluding carboxylic acids is 1. The average Bonchev–Trinajstić information content (AvgIpc) is 2.66. The van der Waals surface area contributed by atoms with Crippen molar-refractivity contribution in [3.05, 3.63) is 17.5 Å². The summed E-state index contributed by atoms with van der Waals surface area (Å²) >= 11 is 0. The molecule has 6 nitrogen and oxygen atoms in total. The number of aromatic nitrogens is 1. The highest BCUT2D eigenvalue weighted by molar-refractivity contribution is 5.92. The van der Waals surface area contributed by atoms with Crippen LogP contribution in [0.3, 0.4) is 0 Å². The minimum Gasteiger partial charge on any atom is -0.377 e. The molecule has 90 valence electrons. The molecule has 0 aromatic carbocycles. The Morgan fingerprint density at radius 2 is 2.50 bits per heavy atom. The first-order valence-corrected chi connectivity index (χ1v) is 5.11. The van der Waals surface area contributed by atoms with Gasteiger partial charge in [-0.1, -0.05) is 5.16 Å². The summed E-state index contributed by atoms with van der Waals surface area (Å²) in [5, 5.41) is 6.34. The third kappa shape index (κ3) is 4.00. The number of rotatable bonds is 6. The van der Waals surface area contributed by atoms with Crippen LogP contribution in [0.1, 0.15) is 29.6 Å². The van der Waals surface area contributed by atoms with Gasteiger partial charge in [0.15, 0.2) is 11.5 Å². The molecule has 0 aliphatic heterocycles. The normalized spacial score (nSPS) is 12.4. The largest absolute Gasteiger partial charge is 0.377 e. The van der Waals surface area contributed by atoms with Crippen LogP contribution in [0.2, 0.25) is 0 Å². The number of ether oxygens (including phenoxy) is 1. The Balaban J connectivity index is 2.40. The molecule has 1 aromatic heterocycles. The number of nitrogens with one attached hydrogen (secondary N) is 1. The van der Waals surface area contributed by atoms with Crippen LogP contribution in [0.15, 0.2) is 10.6 Å². The fraction of sp³-hybridized carbons (Fsp3) is 0.600. The van der Waals surface area contributed by atoms with Gasteiger partial charge in [0.2, 0.25) is 0 Å². The first kappa shape index (κ1) is 12.7. The molecule has 0 spiro atoms. The van der Waals surface area contributed by atoms with Crippen molar-refractivity contribution in [1.29, 1.82) is 0 Å². The molecule has 0 saturated heterocycles. The van der Waals surface area contributed by atoms with E-state index in [0.717, 1.165) is 6.42 Å². The fourth-order valence-electron chi connectivity index (χ4n) is 1.13. The van der Waals surface area contributed by atoms with E-state index < -0.39 is 0 Å². The lowest BCUT2D eigenvalue weighted by Crippen LogP contribution is -2.29. The van der Waals surface area contributed by atoms with Crippen LogP contribution in [-0.2, 0) is 11.3 Å². The number of methoxy groups -OCH3 is 1. The van der Waals surface area contributed by atoms with Gasteiger partial charge in [-0.3, -0.25) is 4.79 Å². The SMILES string of the molecule is COCc1cc(C(=O)NCCC(C)N)no1. The van der Waals surface area contributed by atoms with Crippen molar-refractivity contribution in [2.75, 3.05) is 13.7 Å². The first-order valence-electron chi connectivity index (χ1n) is 5.11. The van der Waals surface area contributed by atoms with Crippen molar-refractivity contribution < 1.29 is 14.1 Å². The van der Waals surface area contributed by atoms with Crippen LogP contribution in [0.25, 0.3) is 0 Å². The van der Waals surface area contributed by atoms with Crippen LogP contribution < -0.4 is 11.1 Å². The molecule has 0 saturated carbocycles. The van der Waals surface area contributed by atoms with Gasteiger partial charge in [0.05, 0.1) is 0 Å². The lowest BCUT2D eigenvalue weighted by atomic mass is 10.2. The van der Waals surface area contributed by atoms with Crippen molar-refractivity contribution in [2.45, 2.75) is 26.0 Å². The minimum atomic E-state index is -0.258. The number of nitrogens with zero attached hydrogens (tertiary/aromatic N) is 1. The second kappa shape index (κ2) is 6.24. The predicted octanol–water partition coefficient (Wildman–Crippen LogP) is 0.288. The molecule has 1 unspecified atom stereocenters. The van der Waals surface area contributed by atoms with Gasteiger partial charge in [-0.2, -0.15) is 0 Å². The Morgan fingerprint density at radius 1 is 1.75 bits per heavy atom. The number of nitrogens with two attached hydrogens (primary N) is 1. The summed E-state index contributed by atoms with van der Waals surface area (Å²) in [6.07, 6.45) is 0.731. The highest BCUT2D eigenvalue weighted by atomic mass is 16.5. The molecule has 6 heteroatoms. The van der Waals surface area contributed by atoms with E-state index in [4.69, 9.17) is 15.0 Å². The predicted molar refractivity (Wildman–Crippen MR) is 57.8 cm³/mol. The molecule has 1 aromatic rings. The van der Waals surface area contributed by atoms with E-state index in [2.05, 4.69) is 10.5 Å². The lowest BCUT2D eigenvalue weighted by molar-refractivity contribution is 0.0943. The lowest BCUT2D eigenvalue weighted by Gasteiger charge is -2.04. The summed E-state index contributed by atoms with van der Waals surface area (Å²) in [5.41, 5.74) is 5.82. The molecule has 1 rings (SSSR count). The van der Waals surface area contributed by atoms with E-state index in [0.29, 0.717) is 18.9 Å². The molecule has 3 N–H and O–H groups in total. The minimum absolute atomic E-state index is 0.0710. The van der Waals surface area contributed by atoms with Crippen LogP contribution in [0.4, 0.5) is 0 Å². The summed E-state index contributed by atoms with van der Waals surface area (Å²) in [6, 6.07) is 1.63. The topological polar surface area (TPSA) is 90.4 Å². The molecule has 1 atom stereocenters. The van der Waals surface area contributed by atoms with Gasteiger partial charge in [-0.15, -0.1) is 0 Å². The van der Waals surface area contributed by atoms with E-state index in [1.807, 2.05) is 6.92 Å². The Bertz CT molecular complexity index is 336. The maximum Gasteiger partial charge on any atom is 0.273 e. The summed E-state index contributed by atoms with van der Waals surface area (Å²) in [7, 11) is 1.55. The highest BCUT2D eigenvalue weighted by Gasteiger charge is 2.11. The molecular weight excluding hydrogens is 210 g/mol. The van der Waals surface area contributed by atoms with Crippen LogP contribution in [-0.4, -0.2) is 30.8 Å². The number of carbonyl (C=O) groups is 1. The average molecular weight is 227 g/mol. The van der Waals surface area contributed by atoms with E-state index in [1.165, 1.54) is 0 Å². The Labute approximate surface area is 94.1 Å². The maximum atomic E-state index is 11.5. The number of hydrogen-bond donors (Lipinski definition) is 2. The summed E-state index contributed by atoms with van der Waals surface area (Å²) in [6.45, 7) is 2.72. The molecule has 1 amide bonds. The van der Waals surface area contributed by atoms with Gasteiger partial charge < -0.3 is 20.3 Å². The zero-order valence-corrected chi connectivity index (χ0v) is 9.53. The molecule has 0 aliphatic carbocycles. The smallest absolute Gasteiger partial charge is 0.273 e. The van der Waals surface area contributed by atoms with E-state index in [1.54, 1.807) is 13.2 Å². The first-order chi connectivity index (χ1) is 7.63. The van der Waals surface area contributed by atoms with Gasteiger partial charge >= 0.3 is 0 Å². The zero-order chi connectivity index (χ0) is 12.0. The van der Waals surface area contributed by atoms with Gasteiger partial charge in [0, 0.05) is 25.8 Å². The van der Waals surface area contributed by atoms with Crippen LogP contribution in [0, 0.1) is 0 Å². The summed E-state index contributed by atoms with van der Waals surface area (Å²) < 4.78 is 9.74. The highest BCUT2D eigenvalue weighted by Crippen LogP contribution is 2.04. The van der Waals surface area contributed by atoms with Crippen molar-refractivity contribution in [2.24, 2.45) is 5.73 Å². The van der Waals surface area contributed by atoms with Crippen LogP contribution >= 0.6 is 0 Å². The third-order valence-electron chi connectivity index (χ3n) is 1.96. The number of amides is 1. The van der Waals surface area contributed by atoms with Crippen LogP contribution in [0.5, 0.6) is 0 Å². The maximum absolute atomic E-state index is 11.5. The molecular formula is C10H17N3O3. The standard InChI is InChI=1S/C10H17N3O3/c1-7(11)3-4-12-10(14)9-5-8(6-15-2)16-13-9/h5,7H,3-4,6,11H2,1-2H3,(H,12,14). The van der Waals surface area contributed by atoms with E-state index in [-0.39, 0.29) is 17.6 Å². The number of hydrogen-bond acceptors (Lipinski definition) is 5. The second-order valence-corrected chi connectivity index (χ2v) is 3.63. The summed E-state index contributed by atoms with van der Waals surface area (Å²) in [4.78, 5) is 11.5. The molecule has 0 bridgehead atoms. The third-order valence-corrected chi connectivity index (χ3v) is 1.96. The Hall–Kier alpha value is -1.40. The van der Waals surface area contributed by atoms with Gasteiger partial charge in [0.25, 0.3) is 5.91 Å². The monoisotopic (exact) mass is 227 g/mol. The molecule has 1 heterocycles. The van der Waals surface area contributed by atoms with Crippen molar-refractivity contribution in [1.82, 2.24) is 10.5 Å². The van der Waals surface area contributed by atoms with Crippen molar-refractivity contribution in [3.63, 3.8) is 0 Å². The second-order valence-electron chi connectivity index (χ2n) is 3.63. The Morgan fingerprint density at radius 3 is 3.12 bits per heavy atom. The van der Waals surface area contributed by atoms with Crippen molar-refractivity contribution >= 4 is 5.91 Å². The van der Waals surface area contributed by atoms with E-state index >= 15 is 0 Å². The van der Waals surface area contributed by atoms with E-state index in [9.17, 15) is 4.79 Å². The zero-order valence-electron chi connectivity index (χ0n) is 9.53.